The van der Waals surface area contributed by atoms with Gasteiger partial charge < -0.3 is 4.98 Å². The fraction of sp³-hybridized carbons (Fsp3) is 0.304. The minimum absolute atomic E-state index is 0.133. The summed E-state index contributed by atoms with van der Waals surface area (Å²) in [6.45, 7) is 2.47. The fourth-order valence-electron chi connectivity index (χ4n) is 4.64. The zero-order valence-electron chi connectivity index (χ0n) is 16.2. The maximum atomic E-state index is 13.6. The third-order valence-corrected chi connectivity index (χ3v) is 6.06. The van der Waals surface area contributed by atoms with Crippen molar-refractivity contribution in [2.24, 2.45) is 0 Å². The Morgan fingerprint density at radius 3 is 2.62 bits per heavy atom. The Hall–Kier alpha value is -3.15. The van der Waals surface area contributed by atoms with Gasteiger partial charge in [-0.05, 0) is 35.7 Å². The quantitative estimate of drug-likeness (QED) is 0.671. The number of rotatable bonds is 4. The van der Waals surface area contributed by atoms with Crippen LogP contribution >= 0.6 is 0 Å². The van der Waals surface area contributed by atoms with Crippen LogP contribution in [0.4, 0.5) is 9.18 Å². The minimum Gasteiger partial charge on any atom is -0.356 e. The molecule has 2 atom stereocenters. The van der Waals surface area contributed by atoms with Crippen LogP contribution in [0.1, 0.15) is 42.6 Å². The number of carbonyl (C=O) groups excluding carboxylic acids is 2. The molecule has 2 aromatic carbocycles. The molecule has 2 aliphatic rings. The molecule has 0 unspecified atom stereocenters. The second-order valence-corrected chi connectivity index (χ2v) is 7.77. The van der Waals surface area contributed by atoms with E-state index in [1.165, 1.54) is 17.0 Å². The molecule has 3 aromatic rings. The van der Waals surface area contributed by atoms with Gasteiger partial charge in [0.05, 0.1) is 0 Å². The second kappa shape index (κ2) is 6.72. The zero-order valence-corrected chi connectivity index (χ0v) is 16.2. The summed E-state index contributed by atoms with van der Waals surface area (Å²) >= 11 is 0. The zero-order chi connectivity index (χ0) is 20.1. The number of halogens is 1. The number of nitrogens with zero attached hydrogens (tertiary/aromatic N) is 2. The number of imide groups is 1. The van der Waals surface area contributed by atoms with Crippen LogP contribution in [0.25, 0.3) is 10.9 Å². The van der Waals surface area contributed by atoms with Crippen molar-refractivity contribution in [2.45, 2.75) is 38.3 Å². The number of benzene rings is 2. The van der Waals surface area contributed by atoms with E-state index in [0.29, 0.717) is 13.0 Å². The third-order valence-electron chi connectivity index (χ3n) is 6.06. The predicted molar refractivity (Wildman–Crippen MR) is 108 cm³/mol. The number of nitrogens with one attached hydrogen (secondary N) is 1. The number of para-hydroxylation sites is 1. The van der Waals surface area contributed by atoms with Crippen molar-refractivity contribution in [3.63, 3.8) is 0 Å². The van der Waals surface area contributed by atoms with Gasteiger partial charge in [0, 0.05) is 29.6 Å². The van der Waals surface area contributed by atoms with Gasteiger partial charge in [-0.15, -0.1) is 0 Å². The molecule has 0 bridgehead atoms. The molecule has 148 valence electrons. The van der Waals surface area contributed by atoms with Gasteiger partial charge in [-0.25, -0.2) is 9.18 Å². The van der Waals surface area contributed by atoms with E-state index in [0.717, 1.165) is 40.6 Å². The van der Waals surface area contributed by atoms with Crippen LogP contribution < -0.4 is 0 Å². The number of aromatic amines is 1. The van der Waals surface area contributed by atoms with Crippen molar-refractivity contribution in [3.8, 4) is 0 Å². The Bertz CT molecular complexity index is 1110. The first-order valence-corrected chi connectivity index (χ1v) is 10.1. The molecule has 0 saturated carbocycles. The molecular formula is C23H22FN3O2. The Morgan fingerprint density at radius 1 is 1.10 bits per heavy atom. The van der Waals surface area contributed by atoms with Gasteiger partial charge in [-0.2, -0.15) is 0 Å². The topological polar surface area (TPSA) is 56.4 Å². The number of amides is 3. The van der Waals surface area contributed by atoms with Gasteiger partial charge in [-0.1, -0.05) is 43.7 Å². The second-order valence-electron chi connectivity index (χ2n) is 7.77. The number of urea groups is 1. The van der Waals surface area contributed by atoms with Crippen LogP contribution in [0.2, 0.25) is 0 Å². The van der Waals surface area contributed by atoms with Crippen LogP contribution in [0.3, 0.4) is 0 Å². The maximum absolute atomic E-state index is 13.6. The van der Waals surface area contributed by atoms with Crippen LogP contribution in [-0.2, 0) is 11.2 Å². The molecule has 1 N–H and O–H groups in total. The standard InChI is InChI=1S/C23H22FN3O2/c1-2-3-12-26-22(28)19-13-17-16-6-4-5-7-18(16)25-20(17)21(27(19)23(26)29)14-8-10-15(24)11-9-14/h4-11,19,21,25H,2-3,12-13H2,1H3/t19-,21-/m0/s1. The molecule has 3 heterocycles. The molecule has 1 aromatic heterocycles. The molecule has 6 heteroatoms. The highest BCUT2D eigenvalue weighted by atomic mass is 19.1. The maximum Gasteiger partial charge on any atom is 0.328 e. The first-order chi connectivity index (χ1) is 14.1. The van der Waals surface area contributed by atoms with Gasteiger partial charge in [0.1, 0.15) is 17.9 Å². The summed E-state index contributed by atoms with van der Waals surface area (Å²) < 4.78 is 13.6. The predicted octanol–water partition coefficient (Wildman–Crippen LogP) is 4.39. The summed E-state index contributed by atoms with van der Waals surface area (Å²) in [7, 11) is 0. The largest absolute Gasteiger partial charge is 0.356 e. The van der Waals surface area contributed by atoms with Gasteiger partial charge in [0.2, 0.25) is 0 Å². The van der Waals surface area contributed by atoms with Gasteiger partial charge >= 0.3 is 6.03 Å². The molecule has 3 amide bonds. The van der Waals surface area contributed by atoms with Gasteiger partial charge in [0.15, 0.2) is 0 Å². The van der Waals surface area contributed by atoms with Crippen LogP contribution in [-0.4, -0.2) is 39.3 Å². The van der Waals surface area contributed by atoms with E-state index in [-0.39, 0.29) is 17.8 Å². The number of carbonyl (C=O) groups is 2. The molecular weight excluding hydrogens is 369 g/mol. The number of H-pyrrole nitrogens is 1. The van der Waals surface area contributed by atoms with Crippen LogP contribution in [0.15, 0.2) is 48.5 Å². The summed E-state index contributed by atoms with van der Waals surface area (Å²) in [6.07, 6.45) is 2.19. The minimum atomic E-state index is -0.527. The van der Waals surface area contributed by atoms with E-state index in [9.17, 15) is 14.0 Å². The highest BCUT2D eigenvalue weighted by molar-refractivity contribution is 6.05. The van der Waals surface area contributed by atoms with Crippen LogP contribution in [0.5, 0.6) is 0 Å². The molecule has 0 radical (unpaired) electrons. The molecule has 5 rings (SSSR count). The number of hydrogen-bond donors (Lipinski definition) is 1. The fourth-order valence-corrected chi connectivity index (χ4v) is 4.64. The molecule has 1 fully saturated rings. The molecule has 5 nitrogen and oxygen atoms in total. The lowest BCUT2D eigenvalue weighted by Gasteiger charge is -2.36. The summed E-state index contributed by atoms with van der Waals surface area (Å²) in [5.74, 6) is -0.460. The average molecular weight is 391 g/mol. The van der Waals surface area contributed by atoms with Crippen molar-refractivity contribution < 1.29 is 14.0 Å². The molecule has 0 aliphatic carbocycles. The lowest BCUT2D eigenvalue weighted by molar-refractivity contribution is -0.128. The third kappa shape index (κ3) is 2.66. The average Bonchev–Trinajstić information content (AvgIpc) is 3.21. The number of fused-ring (bicyclic) bond motifs is 4. The highest BCUT2D eigenvalue weighted by Crippen LogP contribution is 2.43. The lowest BCUT2D eigenvalue weighted by Crippen LogP contribution is -2.44. The number of aromatic nitrogens is 1. The summed E-state index contributed by atoms with van der Waals surface area (Å²) in [6, 6.07) is 12.9. The van der Waals surface area contributed by atoms with Crippen molar-refractivity contribution in [3.05, 3.63) is 71.2 Å². The summed E-state index contributed by atoms with van der Waals surface area (Å²) in [5.41, 5.74) is 3.75. The normalized spacial score (nSPS) is 21.0. The van der Waals surface area contributed by atoms with Crippen molar-refractivity contribution >= 4 is 22.8 Å². The monoisotopic (exact) mass is 391 g/mol. The number of unbranched alkanes of at least 4 members (excludes halogenated alkanes) is 1. The highest BCUT2D eigenvalue weighted by Gasteiger charge is 2.52. The molecule has 0 spiro atoms. The van der Waals surface area contributed by atoms with Crippen molar-refractivity contribution in [2.75, 3.05) is 6.54 Å². The van der Waals surface area contributed by atoms with E-state index >= 15 is 0 Å². The first kappa shape index (κ1) is 17.9. The Morgan fingerprint density at radius 2 is 1.86 bits per heavy atom. The Kier molecular flexibility index (Phi) is 4.15. The Labute approximate surface area is 168 Å². The lowest BCUT2D eigenvalue weighted by atomic mass is 9.89. The van der Waals surface area contributed by atoms with Gasteiger partial charge in [0.25, 0.3) is 5.91 Å². The van der Waals surface area contributed by atoms with Crippen molar-refractivity contribution in [1.29, 1.82) is 0 Å². The van der Waals surface area contributed by atoms with E-state index in [1.807, 2.05) is 31.2 Å². The molecule has 29 heavy (non-hydrogen) atoms. The van der Waals surface area contributed by atoms with E-state index < -0.39 is 12.1 Å². The summed E-state index contributed by atoms with van der Waals surface area (Å²) in [4.78, 5) is 33.0. The smallest absolute Gasteiger partial charge is 0.328 e. The number of hydrogen-bond acceptors (Lipinski definition) is 2. The Balaban J connectivity index is 1.68. The molecule has 1 saturated heterocycles. The SMILES string of the molecule is CCCCN1C(=O)[C@@H]2Cc3c([nH]c4ccccc34)[C@H](c3ccc(F)cc3)N2C1=O. The van der Waals surface area contributed by atoms with E-state index in [2.05, 4.69) is 4.98 Å². The van der Waals surface area contributed by atoms with E-state index in [1.54, 1.807) is 17.0 Å². The first-order valence-electron chi connectivity index (χ1n) is 10.1. The molecule has 2 aliphatic heterocycles. The summed E-state index contributed by atoms with van der Waals surface area (Å²) in [5, 5.41) is 1.07. The van der Waals surface area contributed by atoms with Crippen LogP contribution in [0, 0.1) is 5.82 Å². The van der Waals surface area contributed by atoms with E-state index in [4.69, 9.17) is 0 Å². The van der Waals surface area contributed by atoms with Crippen molar-refractivity contribution in [1.82, 2.24) is 14.8 Å². The van der Waals surface area contributed by atoms with Gasteiger partial charge in [-0.3, -0.25) is 14.6 Å².